The molecule has 162 valence electrons. The van der Waals surface area contributed by atoms with Crippen LogP contribution in [-0.2, 0) is 14.3 Å². The lowest BCUT2D eigenvalue weighted by molar-refractivity contribution is -0.134. The number of hydrogen-bond donors (Lipinski definition) is 2. The Kier molecular flexibility index (Phi) is 5.94. The van der Waals surface area contributed by atoms with Gasteiger partial charge in [0.05, 0.1) is 24.1 Å². The summed E-state index contributed by atoms with van der Waals surface area (Å²) in [7, 11) is 1.77. The van der Waals surface area contributed by atoms with Crippen LogP contribution in [0.25, 0.3) is 0 Å². The van der Waals surface area contributed by atoms with Crippen LogP contribution < -0.4 is 15.4 Å². The van der Waals surface area contributed by atoms with E-state index in [1.165, 1.54) is 19.8 Å². The summed E-state index contributed by atoms with van der Waals surface area (Å²) < 4.78 is 12.1. The van der Waals surface area contributed by atoms with E-state index < -0.39 is 0 Å². The van der Waals surface area contributed by atoms with Crippen molar-refractivity contribution in [3.8, 4) is 5.75 Å². The number of amides is 3. The van der Waals surface area contributed by atoms with E-state index in [2.05, 4.69) is 10.6 Å². The highest BCUT2D eigenvalue weighted by Crippen LogP contribution is 2.32. The molecule has 1 saturated heterocycles. The second kappa shape index (κ2) is 8.63. The van der Waals surface area contributed by atoms with Gasteiger partial charge in [-0.1, -0.05) is 0 Å². The first-order valence-electron chi connectivity index (χ1n) is 10.6. The Morgan fingerprint density at radius 1 is 1.20 bits per heavy atom. The maximum Gasteiger partial charge on any atom is 0.257 e. The number of rotatable bonds is 5. The maximum absolute atomic E-state index is 13.1. The Balaban J connectivity index is 1.43. The normalized spacial score (nSPS) is 25.9. The zero-order valence-corrected chi connectivity index (χ0v) is 17.5. The molecule has 2 fully saturated rings. The van der Waals surface area contributed by atoms with Gasteiger partial charge >= 0.3 is 0 Å². The van der Waals surface area contributed by atoms with Crippen molar-refractivity contribution in [3.05, 3.63) is 23.8 Å². The average molecular weight is 415 g/mol. The summed E-state index contributed by atoms with van der Waals surface area (Å²) in [4.78, 5) is 38.3. The number of fused-ring (bicyclic) bond motifs is 2. The van der Waals surface area contributed by atoms with E-state index in [0.717, 1.165) is 13.0 Å². The summed E-state index contributed by atoms with van der Waals surface area (Å²) in [5, 5.41) is 5.69. The quantitative estimate of drug-likeness (QED) is 0.766. The third-order valence-electron chi connectivity index (χ3n) is 6.03. The molecule has 1 aromatic carbocycles. The number of carbonyl (C=O) groups is 3. The molecule has 8 nitrogen and oxygen atoms in total. The van der Waals surface area contributed by atoms with Gasteiger partial charge in [0, 0.05) is 26.2 Å². The number of ether oxygens (including phenoxy) is 2. The molecule has 4 rings (SSSR count). The second-order valence-electron chi connectivity index (χ2n) is 8.51. The van der Waals surface area contributed by atoms with Gasteiger partial charge in [-0.05, 0) is 49.8 Å². The van der Waals surface area contributed by atoms with Gasteiger partial charge in [-0.15, -0.1) is 0 Å². The van der Waals surface area contributed by atoms with Crippen LogP contribution in [0.1, 0.15) is 49.4 Å². The molecule has 1 aromatic rings. The van der Waals surface area contributed by atoms with Crippen molar-refractivity contribution in [2.45, 2.75) is 57.3 Å². The van der Waals surface area contributed by atoms with E-state index in [0.29, 0.717) is 42.4 Å². The molecule has 3 amide bonds. The van der Waals surface area contributed by atoms with Crippen LogP contribution in [0.15, 0.2) is 18.2 Å². The summed E-state index contributed by atoms with van der Waals surface area (Å²) in [6.45, 7) is 2.48. The molecule has 0 spiro atoms. The molecule has 2 aliphatic heterocycles. The van der Waals surface area contributed by atoms with E-state index in [9.17, 15) is 14.4 Å². The van der Waals surface area contributed by atoms with E-state index in [1.807, 2.05) is 0 Å². The van der Waals surface area contributed by atoms with Crippen molar-refractivity contribution in [2.75, 3.05) is 25.5 Å². The molecule has 30 heavy (non-hydrogen) atoms. The molecule has 0 radical (unpaired) electrons. The fourth-order valence-electron chi connectivity index (χ4n) is 4.17. The molecule has 3 atom stereocenters. The first kappa shape index (κ1) is 20.7. The number of hydrogen-bond acceptors (Lipinski definition) is 5. The van der Waals surface area contributed by atoms with Crippen molar-refractivity contribution in [2.24, 2.45) is 5.92 Å². The van der Waals surface area contributed by atoms with Gasteiger partial charge < -0.3 is 25.0 Å². The Morgan fingerprint density at radius 3 is 2.73 bits per heavy atom. The number of carbonyl (C=O) groups excluding carboxylic acids is 3. The highest BCUT2D eigenvalue weighted by atomic mass is 16.5. The monoisotopic (exact) mass is 415 g/mol. The number of nitrogens with zero attached hydrogens (tertiary/aromatic N) is 1. The standard InChI is InChI=1S/C22H29N3O5/c1-13(26)24-15-5-8-19-17(9-15)22(28)25(2)18-7-6-16(30-20(18)12-29-19)10-21(27)23-11-14-3-4-14/h5,8-9,14,16,18,20H,3-4,6-7,10-12H2,1-2H3,(H,23,27)(H,24,26)/t16-,18+,20+/m0/s1. The van der Waals surface area contributed by atoms with E-state index >= 15 is 0 Å². The minimum atomic E-state index is -0.294. The van der Waals surface area contributed by atoms with Gasteiger partial charge in [-0.2, -0.15) is 0 Å². The van der Waals surface area contributed by atoms with Crippen molar-refractivity contribution in [3.63, 3.8) is 0 Å². The van der Waals surface area contributed by atoms with Gasteiger partial charge in [0.2, 0.25) is 11.8 Å². The summed E-state index contributed by atoms with van der Waals surface area (Å²) in [6.07, 6.45) is 3.75. The van der Waals surface area contributed by atoms with Gasteiger partial charge in [0.1, 0.15) is 18.5 Å². The maximum atomic E-state index is 13.1. The zero-order chi connectivity index (χ0) is 21.3. The van der Waals surface area contributed by atoms with E-state index in [1.54, 1.807) is 30.1 Å². The van der Waals surface area contributed by atoms with Crippen molar-refractivity contribution >= 4 is 23.4 Å². The Hall–Kier alpha value is -2.61. The number of benzene rings is 1. The van der Waals surface area contributed by atoms with Crippen LogP contribution in [0, 0.1) is 5.92 Å². The van der Waals surface area contributed by atoms with Crippen molar-refractivity contribution in [1.82, 2.24) is 10.2 Å². The molecule has 2 heterocycles. The highest BCUT2D eigenvalue weighted by Gasteiger charge is 2.39. The molecule has 0 bridgehead atoms. The second-order valence-corrected chi connectivity index (χ2v) is 8.51. The fourth-order valence-corrected chi connectivity index (χ4v) is 4.17. The summed E-state index contributed by atoms with van der Waals surface area (Å²) in [6, 6.07) is 4.92. The van der Waals surface area contributed by atoms with Gasteiger partial charge in [0.15, 0.2) is 0 Å². The first-order valence-corrected chi connectivity index (χ1v) is 10.6. The van der Waals surface area contributed by atoms with Crippen LogP contribution in [0.3, 0.4) is 0 Å². The molecule has 0 unspecified atom stereocenters. The topological polar surface area (TPSA) is 97.0 Å². The van der Waals surface area contributed by atoms with Crippen LogP contribution >= 0.6 is 0 Å². The van der Waals surface area contributed by atoms with Crippen LogP contribution in [0.4, 0.5) is 5.69 Å². The first-order chi connectivity index (χ1) is 14.4. The molecule has 1 aliphatic carbocycles. The lowest BCUT2D eigenvalue weighted by Crippen LogP contribution is -2.54. The summed E-state index contributed by atoms with van der Waals surface area (Å²) in [5.74, 6) is 0.770. The fraction of sp³-hybridized carbons (Fsp3) is 0.591. The van der Waals surface area contributed by atoms with E-state index in [4.69, 9.17) is 9.47 Å². The molecule has 1 saturated carbocycles. The lowest BCUT2D eigenvalue weighted by atomic mass is 9.94. The molecule has 0 aromatic heterocycles. The van der Waals surface area contributed by atoms with Gasteiger partial charge in [-0.3, -0.25) is 14.4 Å². The van der Waals surface area contributed by atoms with Crippen LogP contribution in [0.5, 0.6) is 5.75 Å². The van der Waals surface area contributed by atoms with Crippen LogP contribution in [0.2, 0.25) is 0 Å². The molecular formula is C22H29N3O5. The van der Waals surface area contributed by atoms with Gasteiger partial charge in [0.25, 0.3) is 5.91 Å². The summed E-state index contributed by atoms with van der Waals surface area (Å²) >= 11 is 0. The third-order valence-corrected chi connectivity index (χ3v) is 6.03. The Labute approximate surface area is 176 Å². The number of nitrogens with one attached hydrogen (secondary N) is 2. The predicted octanol–water partition coefficient (Wildman–Crippen LogP) is 1.94. The Morgan fingerprint density at radius 2 is 2.00 bits per heavy atom. The van der Waals surface area contributed by atoms with E-state index in [-0.39, 0.29) is 36.0 Å². The minimum absolute atomic E-state index is 0.0254. The number of anilines is 1. The molecular weight excluding hydrogens is 386 g/mol. The van der Waals surface area contributed by atoms with Crippen molar-refractivity contribution in [1.29, 1.82) is 0 Å². The van der Waals surface area contributed by atoms with Crippen LogP contribution in [-0.4, -0.2) is 61.1 Å². The molecule has 2 N–H and O–H groups in total. The summed E-state index contributed by atoms with van der Waals surface area (Å²) in [5.41, 5.74) is 0.977. The SMILES string of the molecule is CC(=O)Nc1ccc2c(c1)C(=O)N(C)[C@@H]1CC[C@@H](CC(=O)NCC3CC3)O[C@@H]1CO2. The average Bonchev–Trinajstić information content (AvgIpc) is 3.54. The minimum Gasteiger partial charge on any atom is -0.490 e. The van der Waals surface area contributed by atoms with Crippen molar-refractivity contribution < 1.29 is 23.9 Å². The predicted molar refractivity (Wildman–Crippen MR) is 110 cm³/mol. The highest BCUT2D eigenvalue weighted by molar-refractivity contribution is 5.99. The van der Waals surface area contributed by atoms with Gasteiger partial charge in [-0.25, -0.2) is 0 Å². The Bertz CT molecular complexity index is 838. The molecule has 8 heteroatoms. The smallest absolute Gasteiger partial charge is 0.257 e. The zero-order valence-electron chi connectivity index (χ0n) is 17.5. The largest absolute Gasteiger partial charge is 0.490 e. The number of likely N-dealkylation sites (N-methyl/N-ethyl adjacent to an activating group) is 1. The lowest BCUT2D eigenvalue weighted by Gasteiger charge is -2.42. The third kappa shape index (κ3) is 4.75. The molecule has 3 aliphatic rings.